The first kappa shape index (κ1) is 25.2. The predicted molar refractivity (Wildman–Crippen MR) is 135 cm³/mol. The topological polar surface area (TPSA) is 114 Å². The number of urea groups is 1. The third kappa shape index (κ3) is 5.39. The molecule has 0 bridgehead atoms. The summed E-state index contributed by atoms with van der Waals surface area (Å²) in [5.74, 6) is -0.267. The van der Waals surface area contributed by atoms with E-state index in [0.29, 0.717) is 48.9 Å². The largest absolute Gasteiger partial charge is 0.456 e. The summed E-state index contributed by atoms with van der Waals surface area (Å²) >= 11 is 0. The summed E-state index contributed by atoms with van der Waals surface area (Å²) in [6, 6.07) is 8.94. The second-order valence-corrected chi connectivity index (χ2v) is 9.38. The van der Waals surface area contributed by atoms with Crippen molar-refractivity contribution in [3.8, 4) is 11.5 Å². The van der Waals surface area contributed by atoms with Crippen LogP contribution < -0.4 is 20.8 Å². The summed E-state index contributed by atoms with van der Waals surface area (Å²) in [5, 5.41) is 7.22. The highest BCUT2D eigenvalue weighted by Crippen LogP contribution is 2.50. The molecule has 1 saturated carbocycles. The number of hydrogen-bond acceptors (Lipinski definition) is 7. The Morgan fingerprint density at radius 1 is 1.03 bits per heavy atom. The van der Waals surface area contributed by atoms with Gasteiger partial charge >= 0.3 is 6.03 Å². The minimum atomic E-state index is -1.05. The second kappa shape index (κ2) is 10.6. The maximum Gasteiger partial charge on any atom is 0.320 e. The maximum atomic E-state index is 14.3. The van der Waals surface area contributed by atoms with Crippen molar-refractivity contribution in [2.24, 2.45) is 5.92 Å². The maximum absolute atomic E-state index is 14.3. The van der Waals surface area contributed by atoms with E-state index >= 15 is 0 Å². The lowest BCUT2D eigenvalue weighted by molar-refractivity contribution is 0.0126. The monoisotopic (exact) mass is 537 g/mol. The minimum absolute atomic E-state index is 0.168. The Balaban J connectivity index is 1.01. The summed E-state index contributed by atoms with van der Waals surface area (Å²) in [4.78, 5) is 29.1. The average Bonchev–Trinajstić information content (AvgIpc) is 3.65. The van der Waals surface area contributed by atoms with Crippen LogP contribution in [0.25, 0.3) is 0 Å². The van der Waals surface area contributed by atoms with Crippen LogP contribution in [0.1, 0.15) is 10.4 Å². The van der Waals surface area contributed by atoms with Crippen molar-refractivity contribution < 1.29 is 32.6 Å². The van der Waals surface area contributed by atoms with Crippen LogP contribution in [0.15, 0.2) is 77.5 Å². The Morgan fingerprint density at radius 2 is 1.79 bits per heavy atom. The number of morpholine rings is 1. The van der Waals surface area contributed by atoms with Gasteiger partial charge in [-0.25, -0.2) is 23.6 Å². The van der Waals surface area contributed by atoms with E-state index in [4.69, 9.17) is 14.2 Å². The first-order chi connectivity index (χ1) is 19.0. The second-order valence-electron chi connectivity index (χ2n) is 9.38. The number of pyridine rings is 1. The molecule has 3 atom stereocenters. The molecule has 1 aromatic heterocycles. The van der Waals surface area contributed by atoms with Gasteiger partial charge in [-0.05, 0) is 54.1 Å². The SMILES string of the molecule is O=C(Nc1ccc(Oc2ccc(C(=O)NN3CCOCC3)cc2)cn1)N[C@@H]1C2=C3C(F)=CC=C(F)C3OC[C@@H]21. The fourth-order valence-electron chi connectivity index (χ4n) is 4.80. The molecule has 1 saturated heterocycles. The summed E-state index contributed by atoms with van der Waals surface area (Å²) in [6.07, 6.45) is 2.53. The number of halogens is 2. The normalized spacial score (nSPS) is 24.0. The summed E-state index contributed by atoms with van der Waals surface area (Å²) in [6.45, 7) is 2.63. The summed E-state index contributed by atoms with van der Waals surface area (Å²) < 4.78 is 44.8. The van der Waals surface area contributed by atoms with E-state index in [0.717, 1.165) is 12.2 Å². The summed E-state index contributed by atoms with van der Waals surface area (Å²) in [7, 11) is 0. The molecule has 3 N–H and O–H groups in total. The van der Waals surface area contributed by atoms with Crippen molar-refractivity contribution in [1.82, 2.24) is 20.7 Å². The molecule has 0 radical (unpaired) electrons. The molecule has 6 rings (SSSR count). The van der Waals surface area contributed by atoms with Gasteiger partial charge in [-0.1, -0.05) is 0 Å². The van der Waals surface area contributed by atoms with Gasteiger partial charge in [0.1, 0.15) is 35.1 Å². The zero-order valence-electron chi connectivity index (χ0n) is 20.7. The van der Waals surface area contributed by atoms with Gasteiger partial charge in [-0.15, -0.1) is 0 Å². The number of hydrogen-bond donors (Lipinski definition) is 3. The van der Waals surface area contributed by atoms with Crippen molar-refractivity contribution in [1.29, 1.82) is 0 Å². The van der Waals surface area contributed by atoms with E-state index in [9.17, 15) is 18.4 Å². The fourth-order valence-corrected chi connectivity index (χ4v) is 4.80. The van der Waals surface area contributed by atoms with E-state index in [1.54, 1.807) is 36.4 Å². The number of anilines is 1. The smallest absolute Gasteiger partial charge is 0.320 e. The number of ether oxygens (including phenoxy) is 3. The van der Waals surface area contributed by atoms with Crippen LogP contribution in [0.4, 0.5) is 19.4 Å². The molecule has 2 aliphatic heterocycles. The number of amides is 3. The molecular formula is C27H25F2N5O5. The number of aromatic nitrogens is 1. The first-order valence-electron chi connectivity index (χ1n) is 12.5. The number of hydrazine groups is 1. The van der Waals surface area contributed by atoms with Crippen LogP contribution in [-0.4, -0.2) is 67.0 Å². The van der Waals surface area contributed by atoms with Crippen LogP contribution in [0.2, 0.25) is 0 Å². The molecule has 0 spiro atoms. The van der Waals surface area contributed by atoms with E-state index < -0.39 is 29.8 Å². The highest BCUT2D eigenvalue weighted by atomic mass is 19.1. The Kier molecular flexibility index (Phi) is 6.81. The molecule has 12 heteroatoms. The highest BCUT2D eigenvalue weighted by Gasteiger charge is 2.53. The van der Waals surface area contributed by atoms with Gasteiger partial charge in [0.2, 0.25) is 0 Å². The molecule has 10 nitrogen and oxygen atoms in total. The van der Waals surface area contributed by atoms with Gasteiger partial charge in [0.25, 0.3) is 5.91 Å². The molecule has 202 valence electrons. The van der Waals surface area contributed by atoms with Crippen LogP contribution in [0, 0.1) is 5.92 Å². The molecule has 4 aliphatic rings. The van der Waals surface area contributed by atoms with Crippen molar-refractivity contribution in [3.05, 3.63) is 83.1 Å². The zero-order valence-corrected chi connectivity index (χ0v) is 20.7. The number of carbonyl (C=O) groups is 2. The number of carbonyl (C=O) groups excluding carboxylic acids is 2. The summed E-state index contributed by atoms with van der Waals surface area (Å²) in [5.41, 5.74) is 4.17. The molecule has 2 aromatic rings. The molecule has 2 fully saturated rings. The van der Waals surface area contributed by atoms with Gasteiger partial charge < -0.3 is 19.5 Å². The molecule has 3 amide bonds. The number of nitrogens with zero attached hydrogens (tertiary/aromatic N) is 2. The lowest BCUT2D eigenvalue weighted by Gasteiger charge is -2.26. The first-order valence-corrected chi connectivity index (χ1v) is 12.5. The Hall–Kier alpha value is -4.13. The van der Waals surface area contributed by atoms with Crippen LogP contribution in [-0.2, 0) is 9.47 Å². The molecular weight excluding hydrogens is 512 g/mol. The molecule has 3 heterocycles. The van der Waals surface area contributed by atoms with Crippen LogP contribution in [0.3, 0.4) is 0 Å². The lowest BCUT2D eigenvalue weighted by atomic mass is 9.99. The average molecular weight is 538 g/mol. The highest BCUT2D eigenvalue weighted by molar-refractivity contribution is 5.94. The third-order valence-electron chi connectivity index (χ3n) is 6.83. The van der Waals surface area contributed by atoms with Crippen molar-refractivity contribution >= 4 is 17.8 Å². The van der Waals surface area contributed by atoms with E-state index in [2.05, 4.69) is 21.0 Å². The third-order valence-corrected chi connectivity index (χ3v) is 6.83. The number of benzene rings is 1. The van der Waals surface area contributed by atoms with E-state index in [-0.39, 0.29) is 29.8 Å². The number of allylic oxidation sites excluding steroid dienone is 2. The quantitative estimate of drug-likeness (QED) is 0.518. The fraction of sp³-hybridized carbons (Fsp3) is 0.296. The molecule has 1 aromatic carbocycles. The minimum Gasteiger partial charge on any atom is -0.456 e. The van der Waals surface area contributed by atoms with Crippen molar-refractivity contribution in [2.75, 3.05) is 38.2 Å². The molecule has 39 heavy (non-hydrogen) atoms. The van der Waals surface area contributed by atoms with Crippen LogP contribution in [0.5, 0.6) is 11.5 Å². The number of fused-ring (bicyclic) bond motifs is 2. The van der Waals surface area contributed by atoms with Gasteiger partial charge in [-0.2, -0.15) is 0 Å². The lowest BCUT2D eigenvalue weighted by Crippen LogP contribution is -2.48. The van der Waals surface area contributed by atoms with E-state index in [1.807, 2.05) is 5.01 Å². The van der Waals surface area contributed by atoms with Gasteiger partial charge in [0.05, 0.1) is 32.1 Å². The predicted octanol–water partition coefficient (Wildman–Crippen LogP) is 3.39. The number of rotatable bonds is 6. The molecule has 1 unspecified atom stereocenters. The van der Waals surface area contributed by atoms with Crippen LogP contribution >= 0.6 is 0 Å². The Labute approximate surface area is 222 Å². The van der Waals surface area contributed by atoms with Gasteiger partial charge in [0.15, 0.2) is 0 Å². The zero-order chi connectivity index (χ0) is 26.9. The standard InChI is InChI=1S/C27H25F2N5O5/c28-19-6-7-20(29)25-23(19)22-18(14-38-25)24(22)32-27(36)31-21-8-5-17(13-30-21)39-16-3-1-15(2-4-16)26(35)33-34-9-11-37-12-10-34/h1-8,13,18,24-25H,9-12,14H2,(H,33,35)(H2,30,31,32,36)/t18-,24-,25?/m0/s1. The number of nitrogens with one attached hydrogen (secondary N) is 3. The van der Waals surface area contributed by atoms with Gasteiger partial charge in [0, 0.05) is 30.1 Å². The Bertz CT molecular complexity index is 1370. The van der Waals surface area contributed by atoms with E-state index in [1.165, 1.54) is 6.20 Å². The van der Waals surface area contributed by atoms with Gasteiger partial charge in [-0.3, -0.25) is 15.5 Å². The van der Waals surface area contributed by atoms with Crippen molar-refractivity contribution in [2.45, 2.75) is 12.1 Å². The van der Waals surface area contributed by atoms with Crippen molar-refractivity contribution in [3.63, 3.8) is 0 Å². The Morgan fingerprint density at radius 3 is 2.54 bits per heavy atom. The molecule has 2 aliphatic carbocycles.